The van der Waals surface area contributed by atoms with Crippen molar-refractivity contribution in [3.8, 4) is 45.8 Å². The van der Waals surface area contributed by atoms with Crippen LogP contribution >= 0.6 is 0 Å². The van der Waals surface area contributed by atoms with Gasteiger partial charge in [0.05, 0.1) is 45.5 Å². The van der Waals surface area contributed by atoms with Gasteiger partial charge in [-0.3, -0.25) is 0 Å². The van der Waals surface area contributed by atoms with E-state index in [-0.39, 0.29) is 6.61 Å². The molecule has 0 aliphatic carbocycles. The van der Waals surface area contributed by atoms with Crippen molar-refractivity contribution in [2.45, 2.75) is 12.5 Å². The van der Waals surface area contributed by atoms with Crippen molar-refractivity contribution in [3.05, 3.63) is 59.9 Å². The Bertz CT molecular complexity index is 1530. The number of anilines is 1. The zero-order valence-electron chi connectivity index (χ0n) is 22.3. The van der Waals surface area contributed by atoms with Crippen LogP contribution in [0.1, 0.15) is 12.0 Å². The van der Waals surface area contributed by atoms with Crippen molar-refractivity contribution in [2.75, 3.05) is 40.8 Å². The highest BCUT2D eigenvalue weighted by molar-refractivity contribution is 6.01. The highest BCUT2D eigenvalue weighted by atomic mass is 19.1. The summed E-state index contributed by atoms with van der Waals surface area (Å²) in [4.78, 5) is 5.47. The molecule has 1 unspecified atom stereocenters. The van der Waals surface area contributed by atoms with Gasteiger partial charge in [-0.15, -0.1) is 5.10 Å². The van der Waals surface area contributed by atoms with E-state index in [1.54, 1.807) is 42.5 Å². The van der Waals surface area contributed by atoms with E-state index in [0.717, 1.165) is 0 Å². The predicted octanol–water partition coefficient (Wildman–Crippen LogP) is 3.66. The summed E-state index contributed by atoms with van der Waals surface area (Å²) in [5.41, 5.74) is 8.73. The van der Waals surface area contributed by atoms with Gasteiger partial charge in [0.25, 0.3) is 0 Å². The van der Waals surface area contributed by atoms with Gasteiger partial charge in [0.2, 0.25) is 5.75 Å². The van der Waals surface area contributed by atoms with Gasteiger partial charge < -0.3 is 34.3 Å². The number of rotatable bonds is 10. The van der Waals surface area contributed by atoms with Crippen LogP contribution in [0.2, 0.25) is 0 Å². The summed E-state index contributed by atoms with van der Waals surface area (Å²) in [5, 5.41) is 16.2. The average Bonchev–Trinajstić information content (AvgIpc) is 3.66. The molecule has 2 N–H and O–H groups in total. The molecule has 40 heavy (non-hydrogen) atoms. The maximum Gasteiger partial charge on any atom is 0.203 e. The Labute approximate surface area is 229 Å². The van der Waals surface area contributed by atoms with Gasteiger partial charge in [-0.1, -0.05) is 5.16 Å². The molecule has 1 aromatic heterocycles. The topological polar surface area (TPSA) is 137 Å². The lowest BCUT2D eigenvalue weighted by Gasteiger charge is -2.15. The molecule has 1 aliphatic rings. The average molecular weight is 551 g/mol. The fraction of sp³-hybridized carbons (Fsp3) is 0.259. The van der Waals surface area contributed by atoms with Crippen molar-refractivity contribution in [2.24, 2.45) is 5.16 Å². The number of hydrogen-bond acceptors (Lipinski definition) is 11. The minimum absolute atomic E-state index is 0.158. The van der Waals surface area contributed by atoms with Gasteiger partial charge >= 0.3 is 0 Å². The van der Waals surface area contributed by atoms with Gasteiger partial charge in [-0.25, -0.2) is 4.39 Å². The Hall–Kier alpha value is -5.07. The van der Waals surface area contributed by atoms with Crippen LogP contribution in [0.3, 0.4) is 0 Å². The van der Waals surface area contributed by atoms with Crippen molar-refractivity contribution in [1.82, 2.24) is 20.2 Å². The molecule has 3 aromatic carbocycles. The Kier molecular flexibility index (Phi) is 7.53. The van der Waals surface area contributed by atoms with E-state index < -0.39 is 11.9 Å². The third kappa shape index (κ3) is 5.13. The van der Waals surface area contributed by atoms with Crippen molar-refractivity contribution >= 4 is 11.4 Å². The molecule has 1 atom stereocenters. The second-order valence-electron chi connectivity index (χ2n) is 8.68. The smallest absolute Gasteiger partial charge is 0.203 e. The number of halogens is 1. The standard InChI is InChI=1S/C27H27FN6O6/c1-35-17-6-7-20(28)19(12-17)22-13-18(40-31-22)14-39-23-8-5-15(9-21(23)29)27-30-32-33-34(27)16-10-24(36-2)26(38-4)25(11-16)37-3/h5-12,18H,13-14,29H2,1-4H3. The van der Waals surface area contributed by atoms with E-state index in [2.05, 4.69) is 20.7 Å². The zero-order chi connectivity index (χ0) is 28.2. The van der Waals surface area contributed by atoms with Crippen molar-refractivity contribution in [3.63, 3.8) is 0 Å². The molecule has 1 aliphatic heterocycles. The number of tetrazole rings is 1. The zero-order valence-corrected chi connectivity index (χ0v) is 22.3. The predicted molar refractivity (Wildman–Crippen MR) is 143 cm³/mol. The quantitative estimate of drug-likeness (QED) is 0.291. The van der Waals surface area contributed by atoms with Gasteiger partial charge in [-0.2, -0.15) is 4.68 Å². The van der Waals surface area contributed by atoms with Crippen molar-refractivity contribution < 1.29 is 32.9 Å². The molecule has 0 saturated heterocycles. The van der Waals surface area contributed by atoms with Crippen molar-refractivity contribution in [1.29, 1.82) is 0 Å². The van der Waals surface area contributed by atoms with Crippen LogP contribution in [-0.4, -0.2) is 67.1 Å². The van der Waals surface area contributed by atoms with E-state index in [9.17, 15) is 4.39 Å². The summed E-state index contributed by atoms with van der Waals surface area (Å²) < 4.78 is 43.2. The number of methoxy groups -OCH3 is 4. The van der Waals surface area contributed by atoms with E-state index in [1.807, 2.05) is 0 Å². The summed E-state index contributed by atoms with van der Waals surface area (Å²) in [6, 6.07) is 13.1. The van der Waals surface area contributed by atoms with Gasteiger partial charge in [0.15, 0.2) is 23.4 Å². The third-order valence-corrected chi connectivity index (χ3v) is 6.27. The first-order chi connectivity index (χ1) is 19.4. The minimum atomic E-state index is -0.410. The van der Waals surface area contributed by atoms with E-state index >= 15 is 0 Å². The summed E-state index contributed by atoms with van der Waals surface area (Å²) in [6.07, 6.45) is -0.0435. The first-order valence-corrected chi connectivity index (χ1v) is 12.1. The second-order valence-corrected chi connectivity index (χ2v) is 8.68. The largest absolute Gasteiger partial charge is 0.497 e. The molecule has 12 nitrogen and oxygen atoms in total. The number of ether oxygens (including phenoxy) is 5. The minimum Gasteiger partial charge on any atom is -0.497 e. The fourth-order valence-electron chi connectivity index (χ4n) is 4.26. The molecule has 0 saturated carbocycles. The Morgan fingerprint density at radius 3 is 2.40 bits per heavy atom. The fourth-order valence-corrected chi connectivity index (χ4v) is 4.26. The van der Waals surface area contributed by atoms with E-state index in [1.165, 1.54) is 39.2 Å². The normalized spacial score (nSPS) is 14.3. The summed E-state index contributed by atoms with van der Waals surface area (Å²) in [6.45, 7) is 0.158. The van der Waals surface area contributed by atoms with Crippen LogP contribution in [0, 0.1) is 5.82 Å². The highest BCUT2D eigenvalue weighted by Gasteiger charge is 2.26. The first kappa shape index (κ1) is 26.5. The van der Waals surface area contributed by atoms with Gasteiger partial charge in [-0.05, 0) is 46.8 Å². The van der Waals surface area contributed by atoms with Crippen LogP contribution in [0.25, 0.3) is 17.1 Å². The summed E-state index contributed by atoms with van der Waals surface area (Å²) >= 11 is 0. The maximum atomic E-state index is 14.3. The highest BCUT2D eigenvalue weighted by Crippen LogP contribution is 2.40. The SMILES string of the molecule is COc1ccc(F)c(C2=NOC(COc3ccc(-c4nnnn4-c4cc(OC)c(OC)c(OC)c4)cc3N)C2)c1. The molecule has 0 fully saturated rings. The van der Waals surface area contributed by atoms with Crippen LogP contribution < -0.4 is 29.4 Å². The lowest BCUT2D eigenvalue weighted by atomic mass is 10.0. The number of nitrogens with two attached hydrogens (primary N) is 1. The summed E-state index contributed by atoms with van der Waals surface area (Å²) in [5.74, 6) is 2.37. The summed E-state index contributed by atoms with van der Waals surface area (Å²) in [7, 11) is 6.10. The molecule has 0 amide bonds. The van der Waals surface area contributed by atoms with Crippen LogP contribution in [-0.2, 0) is 4.84 Å². The molecule has 0 bridgehead atoms. The van der Waals surface area contributed by atoms with E-state index in [0.29, 0.717) is 69.2 Å². The van der Waals surface area contributed by atoms with Crippen LogP contribution in [0.4, 0.5) is 10.1 Å². The molecule has 4 aromatic rings. The van der Waals surface area contributed by atoms with Gasteiger partial charge in [0.1, 0.15) is 23.9 Å². The third-order valence-electron chi connectivity index (χ3n) is 6.27. The number of oxime groups is 1. The molecule has 0 spiro atoms. The Balaban J connectivity index is 1.30. The van der Waals surface area contributed by atoms with E-state index in [4.69, 9.17) is 34.3 Å². The number of hydrogen-bond donors (Lipinski definition) is 1. The molecule has 0 radical (unpaired) electrons. The maximum absolute atomic E-state index is 14.3. The van der Waals surface area contributed by atoms with Gasteiger partial charge in [0, 0.05) is 29.7 Å². The molecular formula is C27H27FN6O6. The number of benzene rings is 3. The lowest BCUT2D eigenvalue weighted by molar-refractivity contribution is 0.0473. The molecule has 13 heteroatoms. The lowest BCUT2D eigenvalue weighted by Crippen LogP contribution is -2.19. The molecule has 2 heterocycles. The number of nitrogens with zero attached hydrogens (tertiary/aromatic N) is 5. The first-order valence-electron chi connectivity index (χ1n) is 12.1. The van der Waals surface area contributed by atoms with Crippen LogP contribution in [0.15, 0.2) is 53.7 Å². The number of nitrogen functional groups attached to an aromatic ring is 1. The molecule has 5 rings (SSSR count). The Morgan fingerprint density at radius 2 is 1.73 bits per heavy atom. The number of aromatic nitrogens is 4. The monoisotopic (exact) mass is 550 g/mol. The molecule has 208 valence electrons. The Morgan fingerprint density at radius 1 is 0.950 bits per heavy atom. The van der Waals surface area contributed by atoms with Crippen LogP contribution in [0.5, 0.6) is 28.7 Å². The molecular weight excluding hydrogens is 523 g/mol. The second kappa shape index (κ2) is 11.4.